The molecule has 2 rings (SSSR count). The molecule has 1 aromatic carbocycles. The molecule has 0 amide bonds. The Labute approximate surface area is 116 Å². The molecule has 1 aromatic rings. The fourth-order valence-corrected chi connectivity index (χ4v) is 2.81. The molecular formula is C16H25FN2. The smallest absolute Gasteiger partial charge is 0.123 e. The van der Waals surface area contributed by atoms with E-state index in [0.29, 0.717) is 6.04 Å². The van der Waals surface area contributed by atoms with Gasteiger partial charge in [0.05, 0.1) is 0 Å². The monoisotopic (exact) mass is 264 g/mol. The van der Waals surface area contributed by atoms with E-state index >= 15 is 0 Å². The molecule has 2 nitrogen and oxygen atoms in total. The van der Waals surface area contributed by atoms with E-state index in [1.165, 1.54) is 12.0 Å². The summed E-state index contributed by atoms with van der Waals surface area (Å²) in [5.41, 5.74) is 1.28. The third-order valence-electron chi connectivity index (χ3n) is 3.86. The van der Waals surface area contributed by atoms with Gasteiger partial charge in [-0.15, -0.1) is 0 Å². The van der Waals surface area contributed by atoms with Gasteiger partial charge in [-0.2, -0.15) is 0 Å². The maximum atomic E-state index is 13.1. The molecule has 0 bridgehead atoms. The molecule has 0 radical (unpaired) electrons. The molecule has 1 aliphatic heterocycles. The van der Waals surface area contributed by atoms with Crippen molar-refractivity contribution >= 4 is 0 Å². The SMILES string of the molecule is CN1CCC(NC(c2ccc(F)cc2)C(C)(C)C)C1. The molecule has 106 valence electrons. The summed E-state index contributed by atoms with van der Waals surface area (Å²) in [6.45, 7) is 8.93. The van der Waals surface area contributed by atoms with Gasteiger partial charge in [-0.25, -0.2) is 4.39 Å². The Morgan fingerprint density at radius 3 is 2.37 bits per heavy atom. The topological polar surface area (TPSA) is 15.3 Å². The van der Waals surface area contributed by atoms with E-state index in [9.17, 15) is 4.39 Å². The van der Waals surface area contributed by atoms with Crippen molar-refractivity contribution in [1.29, 1.82) is 0 Å². The molecule has 0 aliphatic carbocycles. The molecule has 1 N–H and O–H groups in total. The van der Waals surface area contributed by atoms with Crippen LogP contribution in [0.3, 0.4) is 0 Å². The van der Waals surface area contributed by atoms with Gasteiger partial charge in [-0.1, -0.05) is 32.9 Å². The zero-order valence-electron chi connectivity index (χ0n) is 12.4. The summed E-state index contributed by atoms with van der Waals surface area (Å²) < 4.78 is 13.1. The molecule has 3 heteroatoms. The van der Waals surface area contributed by atoms with Crippen LogP contribution < -0.4 is 5.32 Å². The number of hydrogen-bond acceptors (Lipinski definition) is 2. The Kier molecular flexibility index (Phi) is 4.26. The van der Waals surface area contributed by atoms with Gasteiger partial charge >= 0.3 is 0 Å². The van der Waals surface area contributed by atoms with Gasteiger partial charge < -0.3 is 10.2 Å². The highest BCUT2D eigenvalue weighted by atomic mass is 19.1. The summed E-state index contributed by atoms with van der Waals surface area (Å²) in [5.74, 6) is -0.169. The van der Waals surface area contributed by atoms with Crippen molar-refractivity contribution in [1.82, 2.24) is 10.2 Å². The van der Waals surface area contributed by atoms with Gasteiger partial charge in [0.15, 0.2) is 0 Å². The Bertz CT molecular complexity index is 408. The van der Waals surface area contributed by atoms with Gasteiger partial charge in [0.1, 0.15) is 5.82 Å². The van der Waals surface area contributed by atoms with Gasteiger partial charge in [0, 0.05) is 18.6 Å². The summed E-state index contributed by atoms with van der Waals surface area (Å²) in [7, 11) is 2.16. The standard InChI is InChI=1S/C16H25FN2/c1-16(2,3)15(12-5-7-13(17)8-6-12)18-14-9-10-19(4)11-14/h5-8,14-15,18H,9-11H2,1-4H3. The first-order chi connectivity index (χ1) is 8.86. The molecule has 1 saturated heterocycles. The Morgan fingerprint density at radius 2 is 1.89 bits per heavy atom. The van der Waals surface area contributed by atoms with E-state index in [0.717, 1.165) is 13.1 Å². The fraction of sp³-hybridized carbons (Fsp3) is 0.625. The van der Waals surface area contributed by atoms with Crippen LogP contribution in [0.4, 0.5) is 4.39 Å². The Morgan fingerprint density at radius 1 is 1.26 bits per heavy atom. The van der Waals surface area contributed by atoms with Crippen LogP contribution in [0.1, 0.15) is 38.8 Å². The lowest BCUT2D eigenvalue weighted by Crippen LogP contribution is -2.40. The highest BCUT2D eigenvalue weighted by Crippen LogP contribution is 2.33. The largest absolute Gasteiger partial charge is 0.305 e. The van der Waals surface area contributed by atoms with Crippen LogP contribution in [-0.4, -0.2) is 31.1 Å². The van der Waals surface area contributed by atoms with Crippen molar-refractivity contribution in [3.63, 3.8) is 0 Å². The second-order valence-corrected chi connectivity index (χ2v) is 6.77. The predicted octanol–water partition coefficient (Wildman–Crippen LogP) is 3.21. The van der Waals surface area contributed by atoms with Crippen LogP contribution in [0.25, 0.3) is 0 Å². The van der Waals surface area contributed by atoms with Gasteiger partial charge in [-0.05, 0) is 43.1 Å². The maximum Gasteiger partial charge on any atom is 0.123 e. The Hall–Kier alpha value is -0.930. The number of halogens is 1. The minimum absolute atomic E-state index is 0.110. The van der Waals surface area contributed by atoms with E-state index in [-0.39, 0.29) is 17.3 Å². The number of rotatable bonds is 3. The second kappa shape index (κ2) is 5.59. The summed E-state index contributed by atoms with van der Waals surface area (Å²) in [4.78, 5) is 2.35. The molecule has 1 aliphatic rings. The summed E-state index contributed by atoms with van der Waals surface area (Å²) in [6.07, 6.45) is 1.18. The van der Waals surface area contributed by atoms with Crippen molar-refractivity contribution in [3.8, 4) is 0 Å². The predicted molar refractivity (Wildman–Crippen MR) is 77.6 cm³/mol. The van der Waals surface area contributed by atoms with E-state index in [1.807, 2.05) is 12.1 Å². The van der Waals surface area contributed by atoms with Gasteiger partial charge in [-0.3, -0.25) is 0 Å². The van der Waals surface area contributed by atoms with Gasteiger partial charge in [0.25, 0.3) is 0 Å². The first kappa shape index (κ1) is 14.5. The first-order valence-corrected chi connectivity index (χ1v) is 7.06. The zero-order valence-corrected chi connectivity index (χ0v) is 12.4. The molecule has 2 atom stereocenters. The number of nitrogens with zero attached hydrogens (tertiary/aromatic N) is 1. The highest BCUT2D eigenvalue weighted by Gasteiger charge is 2.30. The lowest BCUT2D eigenvalue weighted by Gasteiger charge is -2.34. The van der Waals surface area contributed by atoms with Crippen molar-refractivity contribution in [2.45, 2.75) is 39.3 Å². The van der Waals surface area contributed by atoms with Crippen LogP contribution >= 0.6 is 0 Å². The normalized spacial score (nSPS) is 22.7. The van der Waals surface area contributed by atoms with Crippen molar-refractivity contribution < 1.29 is 4.39 Å². The highest BCUT2D eigenvalue weighted by molar-refractivity contribution is 5.22. The minimum atomic E-state index is -0.169. The third kappa shape index (κ3) is 3.77. The second-order valence-electron chi connectivity index (χ2n) is 6.77. The molecule has 0 aromatic heterocycles. The van der Waals surface area contributed by atoms with Crippen LogP contribution in [0.5, 0.6) is 0 Å². The number of likely N-dealkylation sites (tertiary alicyclic amines) is 1. The van der Waals surface area contributed by atoms with Crippen molar-refractivity contribution in [2.24, 2.45) is 5.41 Å². The van der Waals surface area contributed by atoms with Crippen molar-refractivity contribution in [2.75, 3.05) is 20.1 Å². The van der Waals surface area contributed by atoms with Crippen LogP contribution in [-0.2, 0) is 0 Å². The molecule has 1 heterocycles. The average Bonchev–Trinajstić information content (AvgIpc) is 2.72. The fourth-order valence-electron chi connectivity index (χ4n) is 2.81. The number of nitrogens with one attached hydrogen (secondary N) is 1. The Balaban J connectivity index is 2.14. The van der Waals surface area contributed by atoms with E-state index < -0.39 is 0 Å². The van der Waals surface area contributed by atoms with E-state index in [4.69, 9.17) is 0 Å². The summed E-state index contributed by atoms with van der Waals surface area (Å²) >= 11 is 0. The van der Waals surface area contributed by atoms with Crippen molar-refractivity contribution in [3.05, 3.63) is 35.6 Å². The van der Waals surface area contributed by atoms with Gasteiger partial charge in [0.2, 0.25) is 0 Å². The summed E-state index contributed by atoms with van der Waals surface area (Å²) in [5, 5.41) is 3.76. The van der Waals surface area contributed by atoms with Crippen LogP contribution in [0, 0.1) is 11.2 Å². The number of likely N-dealkylation sites (N-methyl/N-ethyl adjacent to an activating group) is 1. The van der Waals surface area contributed by atoms with Crippen LogP contribution in [0.2, 0.25) is 0 Å². The summed E-state index contributed by atoms with van der Waals surface area (Å²) in [6, 6.07) is 7.69. The zero-order chi connectivity index (χ0) is 14.0. The first-order valence-electron chi connectivity index (χ1n) is 7.06. The molecule has 0 spiro atoms. The van der Waals surface area contributed by atoms with E-state index in [1.54, 1.807) is 12.1 Å². The lowest BCUT2D eigenvalue weighted by atomic mass is 9.82. The van der Waals surface area contributed by atoms with Crippen LogP contribution in [0.15, 0.2) is 24.3 Å². The minimum Gasteiger partial charge on any atom is -0.305 e. The molecule has 2 unspecified atom stereocenters. The molecule has 0 saturated carbocycles. The molecule has 19 heavy (non-hydrogen) atoms. The molecular weight excluding hydrogens is 239 g/mol. The van der Waals surface area contributed by atoms with E-state index in [2.05, 4.69) is 38.0 Å². The molecule has 1 fully saturated rings. The quantitative estimate of drug-likeness (QED) is 0.902. The number of benzene rings is 1. The maximum absolute atomic E-state index is 13.1. The average molecular weight is 264 g/mol. The third-order valence-corrected chi connectivity index (χ3v) is 3.86. The lowest BCUT2D eigenvalue weighted by molar-refractivity contribution is 0.247. The number of hydrogen-bond donors (Lipinski definition) is 1.